The van der Waals surface area contributed by atoms with Crippen molar-refractivity contribution in [3.8, 4) is 11.5 Å². The van der Waals surface area contributed by atoms with Crippen LogP contribution in [0.15, 0.2) is 40.9 Å². The van der Waals surface area contributed by atoms with Gasteiger partial charge in [0.05, 0.1) is 5.69 Å². The molecule has 0 spiro atoms. The van der Waals surface area contributed by atoms with Crippen LogP contribution in [0.1, 0.15) is 11.4 Å². The highest BCUT2D eigenvalue weighted by Gasteiger charge is 2.02. The Kier molecular flexibility index (Phi) is 5.38. The molecular weight excluding hydrogens is 320 g/mol. The molecule has 0 atom stereocenters. The maximum atomic E-state index is 9.66. The van der Waals surface area contributed by atoms with E-state index in [4.69, 9.17) is 4.74 Å². The van der Waals surface area contributed by atoms with E-state index < -0.39 is 0 Å². The van der Waals surface area contributed by atoms with E-state index in [2.05, 4.69) is 26.2 Å². The van der Waals surface area contributed by atoms with E-state index in [0.29, 0.717) is 25.4 Å². The van der Waals surface area contributed by atoms with Crippen LogP contribution in [-0.4, -0.2) is 23.2 Å². The van der Waals surface area contributed by atoms with E-state index in [1.54, 1.807) is 12.1 Å². The number of halogens is 1. The zero-order valence-corrected chi connectivity index (χ0v) is 12.9. The molecule has 0 amide bonds. The summed E-state index contributed by atoms with van der Waals surface area (Å²) in [6.07, 6.45) is 0. The fraction of sp³-hybridized carbons (Fsp3) is 0.267. The van der Waals surface area contributed by atoms with Crippen LogP contribution < -0.4 is 10.1 Å². The molecule has 1 aromatic heterocycles. The number of rotatable bonds is 6. The van der Waals surface area contributed by atoms with Gasteiger partial charge < -0.3 is 15.2 Å². The minimum absolute atomic E-state index is 0.219. The number of nitrogens with one attached hydrogen (secondary N) is 1. The first kappa shape index (κ1) is 14.8. The van der Waals surface area contributed by atoms with E-state index in [-0.39, 0.29) is 5.75 Å². The third-order valence-corrected chi connectivity index (χ3v) is 3.27. The van der Waals surface area contributed by atoms with Crippen molar-refractivity contribution < 1.29 is 9.84 Å². The Labute approximate surface area is 126 Å². The molecule has 0 fully saturated rings. The van der Waals surface area contributed by atoms with Gasteiger partial charge in [-0.15, -0.1) is 0 Å². The van der Waals surface area contributed by atoms with Gasteiger partial charge in [0.25, 0.3) is 0 Å². The SMILES string of the molecule is Cc1ccc(O)c(CNCCOc2ccc(Br)cc2)n1. The van der Waals surface area contributed by atoms with Gasteiger partial charge in [-0.3, -0.25) is 4.98 Å². The van der Waals surface area contributed by atoms with Crippen molar-refractivity contribution >= 4 is 15.9 Å². The minimum atomic E-state index is 0.219. The Morgan fingerprint density at radius 3 is 2.70 bits per heavy atom. The van der Waals surface area contributed by atoms with Crippen molar-refractivity contribution in [1.29, 1.82) is 0 Å². The number of aromatic hydroxyl groups is 1. The molecule has 0 bridgehead atoms. The normalized spacial score (nSPS) is 10.5. The second kappa shape index (κ2) is 7.26. The summed E-state index contributed by atoms with van der Waals surface area (Å²) in [4.78, 5) is 4.28. The largest absolute Gasteiger partial charge is 0.506 e. The monoisotopic (exact) mass is 336 g/mol. The van der Waals surface area contributed by atoms with Crippen LogP contribution in [0.3, 0.4) is 0 Å². The van der Waals surface area contributed by atoms with Crippen molar-refractivity contribution in [3.05, 3.63) is 52.3 Å². The standard InChI is InChI=1S/C15H17BrN2O2/c1-11-2-7-15(19)14(18-11)10-17-8-9-20-13-5-3-12(16)4-6-13/h2-7,17,19H,8-10H2,1H3. The molecule has 1 heterocycles. The van der Waals surface area contributed by atoms with E-state index in [9.17, 15) is 5.11 Å². The zero-order chi connectivity index (χ0) is 14.4. The van der Waals surface area contributed by atoms with Crippen LogP contribution in [0.2, 0.25) is 0 Å². The highest BCUT2D eigenvalue weighted by Crippen LogP contribution is 2.16. The quantitative estimate of drug-likeness (QED) is 0.796. The lowest BCUT2D eigenvalue weighted by molar-refractivity contribution is 0.312. The van der Waals surface area contributed by atoms with E-state index in [0.717, 1.165) is 15.9 Å². The molecule has 0 saturated heterocycles. The number of aromatic nitrogens is 1. The second-order valence-corrected chi connectivity index (χ2v) is 5.31. The predicted octanol–water partition coefficient (Wildman–Crippen LogP) is 3.03. The Morgan fingerprint density at radius 2 is 1.95 bits per heavy atom. The molecule has 2 N–H and O–H groups in total. The Bertz CT molecular complexity index is 558. The van der Waals surface area contributed by atoms with Gasteiger partial charge in [-0.25, -0.2) is 0 Å². The first-order valence-corrected chi connectivity index (χ1v) is 7.19. The summed E-state index contributed by atoms with van der Waals surface area (Å²) in [7, 11) is 0. The molecule has 5 heteroatoms. The Balaban J connectivity index is 1.71. The van der Waals surface area contributed by atoms with Gasteiger partial charge in [-0.2, -0.15) is 0 Å². The third-order valence-electron chi connectivity index (χ3n) is 2.74. The van der Waals surface area contributed by atoms with Crippen molar-refractivity contribution in [2.45, 2.75) is 13.5 Å². The summed E-state index contributed by atoms with van der Waals surface area (Å²) >= 11 is 3.38. The molecule has 2 aromatic rings. The maximum Gasteiger partial charge on any atom is 0.138 e. The molecule has 0 unspecified atom stereocenters. The number of ether oxygens (including phenoxy) is 1. The van der Waals surface area contributed by atoms with Gasteiger partial charge in [-0.1, -0.05) is 15.9 Å². The van der Waals surface area contributed by atoms with E-state index >= 15 is 0 Å². The van der Waals surface area contributed by atoms with Crippen LogP contribution in [0.4, 0.5) is 0 Å². The highest BCUT2D eigenvalue weighted by molar-refractivity contribution is 9.10. The lowest BCUT2D eigenvalue weighted by atomic mass is 10.3. The van der Waals surface area contributed by atoms with E-state index in [1.165, 1.54) is 0 Å². The molecule has 2 rings (SSSR count). The van der Waals surface area contributed by atoms with Crippen molar-refractivity contribution in [3.63, 3.8) is 0 Å². The average molecular weight is 337 g/mol. The molecule has 4 nitrogen and oxygen atoms in total. The fourth-order valence-corrected chi connectivity index (χ4v) is 1.98. The molecule has 0 aliphatic heterocycles. The van der Waals surface area contributed by atoms with Crippen LogP contribution >= 0.6 is 15.9 Å². The maximum absolute atomic E-state index is 9.66. The lowest BCUT2D eigenvalue weighted by Gasteiger charge is -2.08. The number of hydrogen-bond donors (Lipinski definition) is 2. The van der Waals surface area contributed by atoms with Crippen LogP contribution in [0.25, 0.3) is 0 Å². The Hall–Kier alpha value is -1.59. The van der Waals surface area contributed by atoms with Crippen LogP contribution in [0, 0.1) is 6.92 Å². The number of aryl methyl sites for hydroxylation is 1. The summed E-state index contributed by atoms with van der Waals surface area (Å²) in [5.74, 6) is 1.06. The van der Waals surface area contributed by atoms with Gasteiger partial charge in [0.1, 0.15) is 18.1 Å². The molecule has 0 saturated carbocycles. The average Bonchev–Trinajstić information content (AvgIpc) is 2.44. The summed E-state index contributed by atoms with van der Waals surface area (Å²) in [6, 6.07) is 11.2. The first-order chi connectivity index (χ1) is 9.65. The van der Waals surface area contributed by atoms with Crippen molar-refractivity contribution in [1.82, 2.24) is 10.3 Å². The molecule has 0 aliphatic rings. The third kappa shape index (κ3) is 4.51. The molecule has 0 radical (unpaired) electrons. The summed E-state index contributed by atoms with van der Waals surface area (Å²) in [6.45, 7) is 3.68. The van der Waals surface area contributed by atoms with Crippen LogP contribution in [0.5, 0.6) is 11.5 Å². The minimum Gasteiger partial charge on any atom is -0.506 e. The number of hydrogen-bond acceptors (Lipinski definition) is 4. The molecular formula is C15H17BrN2O2. The summed E-state index contributed by atoms with van der Waals surface area (Å²) in [5.41, 5.74) is 1.55. The van der Waals surface area contributed by atoms with Gasteiger partial charge in [0.15, 0.2) is 0 Å². The van der Waals surface area contributed by atoms with Gasteiger partial charge in [0.2, 0.25) is 0 Å². The number of benzene rings is 1. The number of pyridine rings is 1. The Morgan fingerprint density at radius 1 is 1.20 bits per heavy atom. The molecule has 1 aromatic carbocycles. The second-order valence-electron chi connectivity index (χ2n) is 4.40. The predicted molar refractivity (Wildman–Crippen MR) is 82.0 cm³/mol. The first-order valence-electron chi connectivity index (χ1n) is 6.40. The zero-order valence-electron chi connectivity index (χ0n) is 11.3. The topological polar surface area (TPSA) is 54.4 Å². The van der Waals surface area contributed by atoms with E-state index in [1.807, 2.05) is 31.2 Å². The van der Waals surface area contributed by atoms with Gasteiger partial charge in [-0.05, 0) is 43.3 Å². The summed E-state index contributed by atoms with van der Waals surface area (Å²) < 4.78 is 6.62. The van der Waals surface area contributed by atoms with Crippen molar-refractivity contribution in [2.24, 2.45) is 0 Å². The smallest absolute Gasteiger partial charge is 0.138 e. The van der Waals surface area contributed by atoms with Gasteiger partial charge >= 0.3 is 0 Å². The molecule has 106 valence electrons. The van der Waals surface area contributed by atoms with Gasteiger partial charge in [0, 0.05) is 23.3 Å². The molecule has 0 aliphatic carbocycles. The fourth-order valence-electron chi connectivity index (χ4n) is 1.71. The summed E-state index contributed by atoms with van der Waals surface area (Å²) in [5, 5.41) is 12.9. The number of nitrogens with zero attached hydrogens (tertiary/aromatic N) is 1. The van der Waals surface area contributed by atoms with Crippen molar-refractivity contribution in [2.75, 3.05) is 13.2 Å². The lowest BCUT2D eigenvalue weighted by Crippen LogP contribution is -2.21. The van der Waals surface area contributed by atoms with Crippen LogP contribution in [-0.2, 0) is 6.54 Å². The highest BCUT2D eigenvalue weighted by atomic mass is 79.9. The molecule has 20 heavy (non-hydrogen) atoms.